The highest BCUT2D eigenvalue weighted by molar-refractivity contribution is 7.10. The van der Waals surface area contributed by atoms with Gasteiger partial charge in [0.25, 0.3) is 5.91 Å². The van der Waals surface area contributed by atoms with E-state index < -0.39 is 0 Å². The van der Waals surface area contributed by atoms with Crippen LogP contribution >= 0.6 is 22.7 Å². The van der Waals surface area contributed by atoms with Crippen molar-refractivity contribution in [1.29, 1.82) is 0 Å². The first-order valence-electron chi connectivity index (χ1n) is 9.24. The summed E-state index contributed by atoms with van der Waals surface area (Å²) in [5, 5.41) is 5.29. The topological polar surface area (TPSA) is 41.4 Å². The molecule has 0 saturated carbocycles. The summed E-state index contributed by atoms with van der Waals surface area (Å²) < 4.78 is 2.19. The van der Waals surface area contributed by atoms with Crippen molar-refractivity contribution in [2.45, 2.75) is 39.0 Å². The number of hydrogen-bond acceptors (Lipinski definition) is 5. The van der Waals surface area contributed by atoms with Crippen LogP contribution in [0.4, 0.5) is 0 Å². The van der Waals surface area contributed by atoms with Crippen molar-refractivity contribution in [2.24, 2.45) is 0 Å². The lowest BCUT2D eigenvalue weighted by molar-refractivity contribution is 0.0554. The van der Waals surface area contributed by atoms with Crippen LogP contribution in [-0.2, 0) is 13.1 Å². The first-order valence-corrected chi connectivity index (χ1v) is 11.0. The van der Waals surface area contributed by atoms with E-state index in [2.05, 4.69) is 49.3 Å². The Hall–Kier alpha value is -1.96. The van der Waals surface area contributed by atoms with Crippen LogP contribution in [0.5, 0.6) is 0 Å². The number of hydrogen-bond donors (Lipinski definition) is 0. The van der Waals surface area contributed by atoms with E-state index in [1.54, 1.807) is 11.3 Å². The average molecular weight is 399 g/mol. The van der Waals surface area contributed by atoms with Gasteiger partial charge in [0.1, 0.15) is 5.69 Å². The van der Waals surface area contributed by atoms with Crippen LogP contribution in [0.2, 0.25) is 0 Å². The van der Waals surface area contributed by atoms with Crippen molar-refractivity contribution >= 4 is 28.6 Å². The van der Waals surface area contributed by atoms with E-state index in [-0.39, 0.29) is 11.9 Å². The number of carbonyl (C=O) groups excluding carboxylic acids is 1. The summed E-state index contributed by atoms with van der Waals surface area (Å²) >= 11 is 3.47. The van der Waals surface area contributed by atoms with Gasteiger partial charge in [-0.15, -0.1) is 22.7 Å². The number of fused-ring (bicyclic) bond motifs is 3. The Balaban J connectivity index is 1.44. The SMILES string of the molecule is Cc1nc(CN2C(=O)c3cccn3[C@H]3CN(Cc4sccc4C)C[C@@H]32)cs1. The smallest absolute Gasteiger partial charge is 0.271 e. The summed E-state index contributed by atoms with van der Waals surface area (Å²) in [7, 11) is 0. The van der Waals surface area contributed by atoms with Crippen LogP contribution in [0.3, 0.4) is 0 Å². The van der Waals surface area contributed by atoms with Crippen LogP contribution in [0.15, 0.2) is 35.2 Å². The van der Waals surface area contributed by atoms with Crippen LogP contribution in [-0.4, -0.2) is 44.4 Å². The van der Waals surface area contributed by atoms with E-state index >= 15 is 0 Å². The Bertz CT molecular complexity index is 988. The molecule has 0 aliphatic carbocycles. The van der Waals surface area contributed by atoms with Gasteiger partial charge in [0.15, 0.2) is 0 Å². The van der Waals surface area contributed by atoms with Crippen LogP contribution in [0.1, 0.15) is 37.7 Å². The summed E-state index contributed by atoms with van der Waals surface area (Å²) in [5.74, 6) is 0.126. The molecule has 5 nitrogen and oxygen atoms in total. The zero-order valence-electron chi connectivity index (χ0n) is 15.5. The molecule has 0 aromatic carbocycles. The van der Waals surface area contributed by atoms with E-state index in [0.29, 0.717) is 12.6 Å². The van der Waals surface area contributed by atoms with Crippen LogP contribution < -0.4 is 0 Å². The molecule has 0 spiro atoms. The molecule has 2 aliphatic rings. The third-order valence-corrected chi connectivity index (χ3v) is 7.52. The fourth-order valence-electron chi connectivity index (χ4n) is 4.33. The first-order chi connectivity index (χ1) is 13.1. The third kappa shape index (κ3) is 2.94. The third-order valence-electron chi connectivity index (χ3n) is 5.69. The van der Waals surface area contributed by atoms with Gasteiger partial charge in [0.2, 0.25) is 0 Å². The van der Waals surface area contributed by atoms with E-state index in [0.717, 1.165) is 36.0 Å². The molecule has 0 N–H and O–H groups in total. The molecule has 27 heavy (non-hydrogen) atoms. The minimum absolute atomic E-state index is 0.126. The molecule has 7 heteroatoms. The monoisotopic (exact) mass is 398 g/mol. The molecule has 2 aliphatic heterocycles. The van der Waals surface area contributed by atoms with Crippen molar-refractivity contribution < 1.29 is 4.79 Å². The molecule has 1 amide bonds. The van der Waals surface area contributed by atoms with E-state index in [1.165, 1.54) is 10.4 Å². The minimum atomic E-state index is 0.126. The zero-order valence-corrected chi connectivity index (χ0v) is 17.1. The first kappa shape index (κ1) is 17.2. The lowest BCUT2D eigenvalue weighted by Gasteiger charge is -2.38. The van der Waals surface area contributed by atoms with E-state index in [1.807, 2.05) is 30.4 Å². The number of likely N-dealkylation sites (tertiary alicyclic amines) is 1. The van der Waals surface area contributed by atoms with Gasteiger partial charge in [-0.3, -0.25) is 9.69 Å². The summed E-state index contributed by atoms with van der Waals surface area (Å²) in [4.78, 5) is 23.7. The van der Waals surface area contributed by atoms with Crippen molar-refractivity contribution in [2.75, 3.05) is 13.1 Å². The second-order valence-corrected chi connectivity index (χ2v) is 9.51. The standard InChI is InChI=1S/C20H22N4OS2/c1-13-5-7-26-19(13)11-22-9-17-18(10-22)24(8-15-12-27-14(2)21-15)20(25)16-4-3-6-23(16)17/h3-7,12,17-18H,8-11H2,1-2H3/t17-,18-/m0/s1. The Kier molecular flexibility index (Phi) is 4.18. The van der Waals surface area contributed by atoms with Crippen molar-refractivity contribution in [3.63, 3.8) is 0 Å². The van der Waals surface area contributed by atoms with Gasteiger partial charge in [-0.1, -0.05) is 0 Å². The second kappa shape index (κ2) is 6.58. The number of carbonyl (C=O) groups is 1. The molecule has 3 aromatic heterocycles. The number of amides is 1. The largest absolute Gasteiger partial charge is 0.337 e. The van der Waals surface area contributed by atoms with Crippen molar-refractivity contribution in [1.82, 2.24) is 19.4 Å². The fraction of sp³-hybridized carbons (Fsp3) is 0.400. The van der Waals surface area contributed by atoms with Gasteiger partial charge in [0.05, 0.1) is 29.3 Å². The molecule has 1 fully saturated rings. The lowest BCUT2D eigenvalue weighted by atomic mass is 10.1. The lowest BCUT2D eigenvalue weighted by Crippen LogP contribution is -2.49. The molecule has 0 bridgehead atoms. The van der Waals surface area contributed by atoms with E-state index in [4.69, 9.17) is 0 Å². The maximum atomic E-state index is 13.2. The molecule has 5 heterocycles. The molecule has 1 saturated heterocycles. The normalized spacial score (nSPS) is 22.3. The fourth-order valence-corrected chi connectivity index (χ4v) is 5.88. The number of rotatable bonds is 4. The summed E-state index contributed by atoms with van der Waals surface area (Å²) in [6.45, 7) is 7.64. The molecule has 140 valence electrons. The van der Waals surface area contributed by atoms with E-state index in [9.17, 15) is 4.79 Å². The summed E-state index contributed by atoms with van der Waals surface area (Å²) in [5.41, 5.74) is 3.16. The van der Waals surface area contributed by atoms with Crippen LogP contribution in [0.25, 0.3) is 0 Å². The maximum Gasteiger partial charge on any atom is 0.271 e. The highest BCUT2D eigenvalue weighted by atomic mass is 32.1. The van der Waals surface area contributed by atoms with Gasteiger partial charge < -0.3 is 9.47 Å². The molecule has 5 rings (SSSR count). The summed E-state index contributed by atoms with van der Waals surface area (Å²) in [6, 6.07) is 6.64. The quantitative estimate of drug-likeness (QED) is 0.673. The van der Waals surface area contributed by atoms with Crippen molar-refractivity contribution in [3.05, 3.63) is 62.0 Å². The highest BCUT2D eigenvalue weighted by Crippen LogP contribution is 2.35. The predicted octanol–water partition coefficient (Wildman–Crippen LogP) is 3.70. The zero-order chi connectivity index (χ0) is 18.5. The average Bonchev–Trinajstić information content (AvgIpc) is 3.40. The Labute approximate surface area is 166 Å². The van der Waals surface area contributed by atoms with Gasteiger partial charge in [-0.25, -0.2) is 4.98 Å². The van der Waals surface area contributed by atoms with Crippen LogP contribution in [0, 0.1) is 13.8 Å². The molecule has 0 unspecified atom stereocenters. The predicted molar refractivity (Wildman–Crippen MR) is 108 cm³/mol. The molecular weight excluding hydrogens is 376 g/mol. The van der Waals surface area contributed by atoms with Gasteiger partial charge >= 0.3 is 0 Å². The Morgan fingerprint density at radius 2 is 2.00 bits per heavy atom. The van der Waals surface area contributed by atoms with Gasteiger partial charge in [-0.05, 0) is 43.0 Å². The highest BCUT2D eigenvalue weighted by Gasteiger charge is 2.45. The molecule has 0 radical (unpaired) electrons. The number of thiophene rings is 1. The van der Waals surface area contributed by atoms with Gasteiger partial charge in [0, 0.05) is 36.1 Å². The second-order valence-electron chi connectivity index (χ2n) is 7.45. The van der Waals surface area contributed by atoms with Gasteiger partial charge in [-0.2, -0.15) is 0 Å². The Morgan fingerprint density at radius 1 is 1.15 bits per heavy atom. The minimum Gasteiger partial charge on any atom is -0.337 e. The Morgan fingerprint density at radius 3 is 2.74 bits per heavy atom. The number of thiazole rings is 1. The maximum absolute atomic E-state index is 13.2. The molecular formula is C20H22N4OS2. The number of aryl methyl sites for hydroxylation is 2. The summed E-state index contributed by atoms with van der Waals surface area (Å²) in [6.07, 6.45) is 2.06. The van der Waals surface area contributed by atoms with Crippen molar-refractivity contribution in [3.8, 4) is 0 Å². The molecule has 2 atom stereocenters. The number of nitrogens with zero attached hydrogens (tertiary/aromatic N) is 4. The molecule has 3 aromatic rings. The number of aromatic nitrogens is 2.